The molecule has 0 amide bonds. The molecule has 0 aromatic heterocycles. The van der Waals surface area contributed by atoms with Crippen LogP contribution in [0.4, 0.5) is 5.69 Å². The second-order valence-electron chi connectivity index (χ2n) is 4.46. The van der Waals surface area contributed by atoms with Crippen LogP contribution < -0.4 is 10.1 Å². The molecule has 0 aliphatic heterocycles. The van der Waals surface area contributed by atoms with Gasteiger partial charge < -0.3 is 10.1 Å². The van der Waals surface area contributed by atoms with E-state index in [0.29, 0.717) is 17.1 Å². The highest BCUT2D eigenvalue weighted by Gasteiger charge is 2.09. The van der Waals surface area contributed by atoms with Crippen molar-refractivity contribution in [2.75, 3.05) is 12.4 Å². The summed E-state index contributed by atoms with van der Waals surface area (Å²) in [6.07, 6.45) is 0.831. The number of carbonyl (C=O) groups is 1. The van der Waals surface area contributed by atoms with Gasteiger partial charge >= 0.3 is 0 Å². The maximum atomic E-state index is 11.2. The topological polar surface area (TPSA) is 38.3 Å². The number of aldehydes is 1. The van der Waals surface area contributed by atoms with E-state index in [1.54, 1.807) is 6.07 Å². The molecule has 0 fully saturated rings. The first-order valence-corrected chi connectivity index (χ1v) is 6.16. The number of benzene rings is 2. The lowest BCUT2D eigenvalue weighted by Crippen LogP contribution is -1.97. The van der Waals surface area contributed by atoms with Crippen molar-refractivity contribution < 1.29 is 9.53 Å². The Hall–Kier alpha value is -2.29. The van der Waals surface area contributed by atoms with E-state index in [2.05, 4.69) is 5.32 Å². The van der Waals surface area contributed by atoms with Crippen molar-refractivity contribution in [3.05, 3.63) is 53.1 Å². The molecule has 19 heavy (non-hydrogen) atoms. The summed E-state index contributed by atoms with van der Waals surface area (Å²) < 4.78 is 5.86. The van der Waals surface area contributed by atoms with Gasteiger partial charge in [-0.3, -0.25) is 4.79 Å². The minimum atomic E-state index is 0.579. The zero-order chi connectivity index (χ0) is 13.8. The molecule has 0 heterocycles. The third kappa shape index (κ3) is 2.76. The van der Waals surface area contributed by atoms with E-state index in [1.165, 1.54) is 0 Å². The molecule has 2 rings (SSSR count). The average Bonchev–Trinajstić information content (AvgIpc) is 2.41. The number of rotatable bonds is 4. The molecule has 1 N–H and O–H groups in total. The van der Waals surface area contributed by atoms with Crippen molar-refractivity contribution in [3.8, 4) is 11.5 Å². The van der Waals surface area contributed by atoms with Crippen molar-refractivity contribution in [3.63, 3.8) is 0 Å². The normalized spacial score (nSPS) is 10.1. The van der Waals surface area contributed by atoms with Gasteiger partial charge in [-0.25, -0.2) is 0 Å². The van der Waals surface area contributed by atoms with E-state index in [9.17, 15) is 4.79 Å². The summed E-state index contributed by atoms with van der Waals surface area (Å²) in [6.45, 7) is 3.92. The number of nitrogens with one attached hydrogen (secondary N) is 1. The van der Waals surface area contributed by atoms with Crippen molar-refractivity contribution in [2.45, 2.75) is 13.8 Å². The molecule has 0 atom stereocenters. The fourth-order valence-electron chi connectivity index (χ4n) is 1.94. The molecule has 0 saturated heterocycles. The first-order valence-electron chi connectivity index (χ1n) is 6.16. The summed E-state index contributed by atoms with van der Waals surface area (Å²) in [5.41, 5.74) is 3.55. The van der Waals surface area contributed by atoms with Gasteiger partial charge in [-0.05, 0) is 43.2 Å². The predicted molar refractivity (Wildman–Crippen MR) is 77.4 cm³/mol. The second kappa shape index (κ2) is 5.57. The van der Waals surface area contributed by atoms with Crippen LogP contribution in [0.3, 0.4) is 0 Å². The molecule has 0 spiro atoms. The van der Waals surface area contributed by atoms with E-state index >= 15 is 0 Å². The van der Waals surface area contributed by atoms with Gasteiger partial charge in [0.1, 0.15) is 5.75 Å². The minimum absolute atomic E-state index is 0.579. The third-order valence-corrected chi connectivity index (χ3v) is 3.03. The van der Waals surface area contributed by atoms with Crippen molar-refractivity contribution in [2.24, 2.45) is 0 Å². The Kier molecular flexibility index (Phi) is 3.85. The van der Waals surface area contributed by atoms with Crippen LogP contribution in [-0.2, 0) is 0 Å². The van der Waals surface area contributed by atoms with E-state index in [1.807, 2.05) is 51.2 Å². The highest BCUT2D eigenvalue weighted by atomic mass is 16.5. The van der Waals surface area contributed by atoms with Crippen LogP contribution in [0.1, 0.15) is 21.5 Å². The molecular formula is C16H17NO2. The van der Waals surface area contributed by atoms with E-state index in [-0.39, 0.29) is 0 Å². The van der Waals surface area contributed by atoms with E-state index < -0.39 is 0 Å². The predicted octanol–water partition coefficient (Wildman–Crippen LogP) is 3.95. The highest BCUT2D eigenvalue weighted by Crippen LogP contribution is 2.32. The number of carbonyl (C=O) groups excluding carboxylic acids is 1. The summed E-state index contributed by atoms with van der Waals surface area (Å²) in [6, 6.07) is 11.5. The lowest BCUT2D eigenvalue weighted by Gasteiger charge is -2.13. The van der Waals surface area contributed by atoms with Gasteiger partial charge in [0.2, 0.25) is 0 Å². The largest absolute Gasteiger partial charge is 0.454 e. The number of hydrogen-bond acceptors (Lipinski definition) is 3. The Labute approximate surface area is 113 Å². The molecule has 3 heteroatoms. The lowest BCUT2D eigenvalue weighted by atomic mass is 10.1. The molecule has 98 valence electrons. The molecule has 2 aromatic carbocycles. The third-order valence-electron chi connectivity index (χ3n) is 3.03. The summed E-state index contributed by atoms with van der Waals surface area (Å²) in [7, 11) is 1.85. The molecule has 3 nitrogen and oxygen atoms in total. The summed E-state index contributed by atoms with van der Waals surface area (Å²) in [5.74, 6) is 1.29. The first kappa shape index (κ1) is 13.1. The molecular weight excluding hydrogens is 238 g/mol. The molecule has 0 radical (unpaired) electrons. The summed E-state index contributed by atoms with van der Waals surface area (Å²) in [5, 5.41) is 3.10. The van der Waals surface area contributed by atoms with Crippen LogP contribution in [0.15, 0.2) is 36.4 Å². The maximum Gasteiger partial charge on any atom is 0.154 e. The average molecular weight is 255 g/mol. The van der Waals surface area contributed by atoms with Gasteiger partial charge in [0.05, 0.1) is 11.3 Å². The monoisotopic (exact) mass is 255 g/mol. The van der Waals surface area contributed by atoms with Crippen molar-refractivity contribution >= 4 is 12.0 Å². The Morgan fingerprint density at radius 1 is 1.11 bits per heavy atom. The van der Waals surface area contributed by atoms with Crippen molar-refractivity contribution in [1.29, 1.82) is 0 Å². The van der Waals surface area contributed by atoms with Gasteiger partial charge in [0.15, 0.2) is 12.0 Å². The lowest BCUT2D eigenvalue weighted by molar-refractivity contribution is 0.112. The Bertz CT molecular complexity index is 606. The Morgan fingerprint density at radius 2 is 1.89 bits per heavy atom. The van der Waals surface area contributed by atoms with Gasteiger partial charge in [0.25, 0.3) is 0 Å². The first-order chi connectivity index (χ1) is 9.15. The van der Waals surface area contributed by atoms with Crippen LogP contribution in [0.5, 0.6) is 11.5 Å². The Balaban J connectivity index is 2.41. The van der Waals surface area contributed by atoms with E-state index in [0.717, 1.165) is 23.1 Å². The second-order valence-corrected chi connectivity index (χ2v) is 4.46. The SMILES string of the molecule is CNc1cc(C)ccc1Oc1cccc(C)c1C=O. The molecule has 0 aliphatic carbocycles. The van der Waals surface area contributed by atoms with Crippen LogP contribution >= 0.6 is 0 Å². The standard InChI is InChI=1S/C16H17NO2/c1-11-7-8-16(14(9-11)17-3)19-15-6-4-5-12(2)13(15)10-18/h4-10,17H,1-3H3. The van der Waals surface area contributed by atoms with Gasteiger partial charge in [-0.15, -0.1) is 0 Å². The molecule has 0 saturated carbocycles. The molecule has 0 bridgehead atoms. The summed E-state index contributed by atoms with van der Waals surface area (Å²) in [4.78, 5) is 11.2. The number of hydrogen-bond donors (Lipinski definition) is 1. The van der Waals surface area contributed by atoms with Gasteiger partial charge in [-0.2, -0.15) is 0 Å². The quantitative estimate of drug-likeness (QED) is 0.841. The van der Waals surface area contributed by atoms with Crippen LogP contribution in [0, 0.1) is 13.8 Å². The zero-order valence-electron chi connectivity index (χ0n) is 11.4. The molecule has 0 aliphatic rings. The fraction of sp³-hybridized carbons (Fsp3) is 0.188. The van der Waals surface area contributed by atoms with Crippen LogP contribution in [-0.4, -0.2) is 13.3 Å². The summed E-state index contributed by atoms with van der Waals surface area (Å²) >= 11 is 0. The minimum Gasteiger partial charge on any atom is -0.454 e. The number of anilines is 1. The highest BCUT2D eigenvalue weighted by molar-refractivity contribution is 5.82. The zero-order valence-corrected chi connectivity index (χ0v) is 11.4. The van der Waals surface area contributed by atoms with E-state index in [4.69, 9.17) is 4.74 Å². The van der Waals surface area contributed by atoms with Crippen LogP contribution in [0.2, 0.25) is 0 Å². The number of aryl methyl sites for hydroxylation is 2. The smallest absolute Gasteiger partial charge is 0.154 e. The fourth-order valence-corrected chi connectivity index (χ4v) is 1.94. The van der Waals surface area contributed by atoms with Crippen LogP contribution in [0.25, 0.3) is 0 Å². The molecule has 0 unspecified atom stereocenters. The maximum absolute atomic E-state index is 11.2. The van der Waals surface area contributed by atoms with Crippen molar-refractivity contribution in [1.82, 2.24) is 0 Å². The van der Waals surface area contributed by atoms with Gasteiger partial charge in [-0.1, -0.05) is 18.2 Å². The number of ether oxygens (including phenoxy) is 1. The van der Waals surface area contributed by atoms with Gasteiger partial charge in [0, 0.05) is 7.05 Å². The molecule has 2 aromatic rings. The Morgan fingerprint density at radius 3 is 2.58 bits per heavy atom.